The number of carboxylic acids is 1. The summed E-state index contributed by atoms with van der Waals surface area (Å²) in [6.45, 7) is 4.50. The van der Waals surface area contributed by atoms with Gasteiger partial charge < -0.3 is 10.4 Å². The second-order valence-corrected chi connectivity index (χ2v) is 9.82. The topological polar surface area (TPSA) is 104 Å². The molecule has 1 aromatic heterocycles. The van der Waals surface area contributed by atoms with Crippen molar-refractivity contribution >= 4 is 33.2 Å². The zero-order valence-electron chi connectivity index (χ0n) is 14.4. The van der Waals surface area contributed by atoms with Crippen molar-refractivity contribution in [3.63, 3.8) is 0 Å². The van der Waals surface area contributed by atoms with Gasteiger partial charge in [0.25, 0.3) is 10.0 Å². The largest absolute Gasteiger partial charge is 0.480 e. The highest BCUT2D eigenvalue weighted by molar-refractivity contribution is 7.91. The van der Waals surface area contributed by atoms with Gasteiger partial charge in [-0.3, -0.25) is 4.79 Å². The Kier molecular flexibility index (Phi) is 6.59. The van der Waals surface area contributed by atoms with Gasteiger partial charge in [-0.2, -0.15) is 4.31 Å². The van der Waals surface area contributed by atoms with Crippen LogP contribution in [0.1, 0.15) is 38.0 Å². The third-order valence-electron chi connectivity index (χ3n) is 4.13. The molecule has 1 aromatic rings. The van der Waals surface area contributed by atoms with Crippen molar-refractivity contribution in [3.8, 4) is 0 Å². The van der Waals surface area contributed by atoms with Gasteiger partial charge in [0.15, 0.2) is 0 Å². The van der Waals surface area contributed by atoms with Crippen LogP contribution >= 0.6 is 11.3 Å². The molecule has 9 heteroatoms. The minimum atomic E-state index is -3.50. The molecule has 1 fully saturated rings. The number of carbonyl (C=O) groups excluding carboxylic acids is 1. The number of carbonyl (C=O) groups is 2. The Morgan fingerprint density at radius 1 is 1.24 bits per heavy atom. The van der Waals surface area contributed by atoms with E-state index in [-0.39, 0.29) is 16.5 Å². The van der Waals surface area contributed by atoms with Crippen LogP contribution in [0, 0.1) is 5.92 Å². The van der Waals surface area contributed by atoms with Crippen LogP contribution < -0.4 is 5.32 Å². The Morgan fingerprint density at radius 2 is 1.88 bits per heavy atom. The number of hydrogen-bond acceptors (Lipinski definition) is 5. The van der Waals surface area contributed by atoms with Gasteiger partial charge in [-0.1, -0.05) is 20.3 Å². The van der Waals surface area contributed by atoms with Gasteiger partial charge in [0.2, 0.25) is 5.91 Å². The SMILES string of the molecule is CC(C)C(NC(=O)Cc1ccc(S(=O)(=O)N2CCCCC2)s1)C(=O)O. The lowest BCUT2D eigenvalue weighted by molar-refractivity contribution is -0.143. The highest BCUT2D eigenvalue weighted by atomic mass is 32.2. The summed E-state index contributed by atoms with van der Waals surface area (Å²) in [6, 6.07) is 2.18. The maximum atomic E-state index is 12.6. The van der Waals surface area contributed by atoms with Gasteiger partial charge in [-0.25, -0.2) is 13.2 Å². The molecular weight excluding hydrogens is 364 g/mol. The second kappa shape index (κ2) is 8.29. The molecule has 0 spiro atoms. The molecule has 1 saturated heterocycles. The van der Waals surface area contributed by atoms with Crippen LogP contribution in [0.15, 0.2) is 16.3 Å². The van der Waals surface area contributed by atoms with Gasteiger partial charge in [0.05, 0.1) is 6.42 Å². The molecule has 7 nitrogen and oxygen atoms in total. The molecule has 2 rings (SSSR count). The maximum Gasteiger partial charge on any atom is 0.326 e. The maximum absolute atomic E-state index is 12.6. The number of thiophene rings is 1. The summed E-state index contributed by atoms with van der Waals surface area (Å²) in [6.07, 6.45) is 2.75. The molecular formula is C16H24N2O5S2. The molecule has 0 aliphatic carbocycles. The normalized spacial score (nSPS) is 17.4. The molecule has 0 saturated carbocycles. The first kappa shape index (κ1) is 19.9. The van der Waals surface area contributed by atoms with E-state index in [1.807, 2.05) is 0 Å². The van der Waals surface area contributed by atoms with Crippen LogP contribution in [0.4, 0.5) is 0 Å². The van der Waals surface area contributed by atoms with Gasteiger partial charge in [-0.15, -0.1) is 11.3 Å². The van der Waals surface area contributed by atoms with E-state index in [2.05, 4.69) is 5.32 Å². The number of rotatable bonds is 7. The van der Waals surface area contributed by atoms with E-state index in [0.717, 1.165) is 30.6 Å². The van der Waals surface area contributed by atoms with E-state index in [4.69, 9.17) is 5.11 Å². The molecule has 0 bridgehead atoms. The number of carboxylic acid groups (broad SMARTS) is 1. The summed E-state index contributed by atoms with van der Waals surface area (Å²) in [5.41, 5.74) is 0. The zero-order chi connectivity index (χ0) is 18.6. The Hall–Kier alpha value is -1.45. The second-order valence-electron chi connectivity index (χ2n) is 6.49. The number of nitrogens with one attached hydrogen (secondary N) is 1. The first-order valence-electron chi connectivity index (χ1n) is 8.33. The molecule has 1 amide bonds. The van der Waals surface area contributed by atoms with Crippen molar-refractivity contribution in [1.29, 1.82) is 0 Å². The molecule has 1 unspecified atom stereocenters. The molecule has 1 aliphatic heterocycles. The van der Waals surface area contributed by atoms with E-state index in [1.54, 1.807) is 19.9 Å². The summed E-state index contributed by atoms with van der Waals surface area (Å²) < 4.78 is 26.9. The predicted molar refractivity (Wildman–Crippen MR) is 95.0 cm³/mol. The predicted octanol–water partition coefficient (Wildman–Crippen LogP) is 1.69. The molecule has 0 radical (unpaired) electrons. The number of amides is 1. The average Bonchev–Trinajstić information content (AvgIpc) is 3.02. The third-order valence-corrected chi connectivity index (χ3v) is 7.58. The Labute approximate surface area is 152 Å². The fourth-order valence-corrected chi connectivity index (χ4v) is 5.75. The van der Waals surface area contributed by atoms with Crippen LogP contribution in [-0.2, 0) is 26.0 Å². The quantitative estimate of drug-likeness (QED) is 0.740. The highest BCUT2D eigenvalue weighted by Crippen LogP contribution is 2.27. The lowest BCUT2D eigenvalue weighted by Gasteiger charge is -2.25. The van der Waals surface area contributed by atoms with E-state index >= 15 is 0 Å². The van der Waals surface area contributed by atoms with E-state index in [0.29, 0.717) is 18.0 Å². The third kappa shape index (κ3) is 5.02. The lowest BCUT2D eigenvalue weighted by atomic mass is 10.0. The summed E-state index contributed by atoms with van der Waals surface area (Å²) in [5.74, 6) is -1.74. The van der Waals surface area contributed by atoms with Crippen LogP contribution in [-0.4, -0.2) is 48.8 Å². The number of hydrogen-bond donors (Lipinski definition) is 2. The van der Waals surface area contributed by atoms with Gasteiger partial charge in [-0.05, 0) is 30.9 Å². The molecule has 0 aromatic carbocycles. The van der Waals surface area contributed by atoms with Gasteiger partial charge >= 0.3 is 5.97 Å². The summed E-state index contributed by atoms with van der Waals surface area (Å²) >= 11 is 1.07. The number of sulfonamides is 1. The number of nitrogens with zero attached hydrogens (tertiary/aromatic N) is 1. The van der Waals surface area contributed by atoms with Gasteiger partial charge in [0, 0.05) is 18.0 Å². The minimum Gasteiger partial charge on any atom is -0.480 e. The van der Waals surface area contributed by atoms with E-state index in [9.17, 15) is 18.0 Å². The zero-order valence-corrected chi connectivity index (χ0v) is 16.0. The van der Waals surface area contributed by atoms with Crippen LogP contribution in [0.5, 0.6) is 0 Å². The fraction of sp³-hybridized carbons (Fsp3) is 0.625. The van der Waals surface area contributed by atoms with Crippen LogP contribution in [0.25, 0.3) is 0 Å². The van der Waals surface area contributed by atoms with Crippen molar-refractivity contribution in [3.05, 3.63) is 17.0 Å². The lowest BCUT2D eigenvalue weighted by Crippen LogP contribution is -2.44. The van der Waals surface area contributed by atoms with Gasteiger partial charge in [0.1, 0.15) is 10.3 Å². The van der Waals surface area contributed by atoms with Crippen molar-refractivity contribution in [2.45, 2.75) is 49.8 Å². The average molecular weight is 389 g/mol. The standard InChI is InChI=1S/C16H24N2O5S2/c1-11(2)15(16(20)21)17-13(19)10-12-6-7-14(24-12)25(22,23)18-8-4-3-5-9-18/h6-7,11,15H,3-5,8-10H2,1-2H3,(H,17,19)(H,20,21). The molecule has 2 heterocycles. The van der Waals surface area contributed by atoms with Crippen LogP contribution in [0.2, 0.25) is 0 Å². The van der Waals surface area contributed by atoms with Crippen molar-refractivity contribution in [2.24, 2.45) is 5.92 Å². The van der Waals surface area contributed by atoms with Crippen molar-refractivity contribution in [1.82, 2.24) is 9.62 Å². The summed E-state index contributed by atoms with van der Waals surface area (Å²) in [7, 11) is -3.50. The Balaban J connectivity index is 2.03. The number of aliphatic carboxylic acids is 1. The summed E-state index contributed by atoms with van der Waals surface area (Å²) in [5, 5.41) is 11.6. The molecule has 2 N–H and O–H groups in total. The Morgan fingerprint density at radius 3 is 2.44 bits per heavy atom. The molecule has 1 aliphatic rings. The summed E-state index contributed by atoms with van der Waals surface area (Å²) in [4.78, 5) is 23.8. The molecule has 1 atom stereocenters. The minimum absolute atomic E-state index is 0.0311. The highest BCUT2D eigenvalue weighted by Gasteiger charge is 2.28. The van der Waals surface area contributed by atoms with Crippen molar-refractivity contribution < 1.29 is 23.1 Å². The van der Waals surface area contributed by atoms with E-state index in [1.165, 1.54) is 10.4 Å². The smallest absolute Gasteiger partial charge is 0.326 e. The fourth-order valence-electron chi connectivity index (χ4n) is 2.72. The van der Waals surface area contributed by atoms with E-state index < -0.39 is 27.9 Å². The van der Waals surface area contributed by atoms with Crippen molar-refractivity contribution in [2.75, 3.05) is 13.1 Å². The molecule has 140 valence electrons. The number of piperidine rings is 1. The Bertz CT molecular complexity index is 721. The monoisotopic (exact) mass is 388 g/mol. The van der Waals surface area contributed by atoms with Crippen LogP contribution in [0.3, 0.4) is 0 Å². The first-order chi connectivity index (χ1) is 11.7. The first-order valence-corrected chi connectivity index (χ1v) is 10.6. The molecule has 25 heavy (non-hydrogen) atoms.